The summed E-state index contributed by atoms with van der Waals surface area (Å²) in [4.78, 5) is 25.3. The van der Waals surface area contributed by atoms with Gasteiger partial charge in [0.1, 0.15) is 0 Å². The van der Waals surface area contributed by atoms with E-state index in [9.17, 15) is 9.59 Å². The molecule has 0 amide bonds. The Morgan fingerprint density at radius 2 is 2.24 bits per heavy atom. The summed E-state index contributed by atoms with van der Waals surface area (Å²) in [6.45, 7) is 1.81. The zero-order valence-electron chi connectivity index (χ0n) is 10.0. The molecule has 5 heteroatoms. The molecule has 1 aromatic rings. The van der Waals surface area contributed by atoms with Gasteiger partial charge in [0.05, 0.1) is 18.7 Å². The summed E-state index contributed by atoms with van der Waals surface area (Å²) >= 11 is 0. The Bertz CT molecular complexity index is 481. The van der Waals surface area contributed by atoms with Gasteiger partial charge in [0.25, 0.3) is 5.56 Å². The van der Waals surface area contributed by atoms with E-state index in [1.165, 1.54) is 19.2 Å². The number of carbonyl (C=O) groups excluding carboxylic acids is 1. The quantitative estimate of drug-likeness (QED) is 0.702. The summed E-state index contributed by atoms with van der Waals surface area (Å²) in [5.74, 6) is -0.412. The molecule has 1 fully saturated rings. The minimum absolute atomic E-state index is 0.0713. The minimum Gasteiger partial charge on any atom is -0.465 e. The van der Waals surface area contributed by atoms with Crippen molar-refractivity contribution in [3.63, 3.8) is 0 Å². The van der Waals surface area contributed by atoms with Gasteiger partial charge in [-0.15, -0.1) is 0 Å². The molecule has 0 spiro atoms. The van der Waals surface area contributed by atoms with E-state index in [0.29, 0.717) is 5.56 Å². The number of nitrogens with zero attached hydrogens (tertiary/aromatic N) is 2. The predicted octanol–water partition coefficient (Wildman–Crippen LogP) is 0.511. The number of methoxy groups -OCH3 is 1. The number of esters is 1. The first kappa shape index (κ1) is 11.9. The molecule has 1 aliphatic heterocycles. The maximum Gasteiger partial charge on any atom is 0.339 e. The zero-order valence-corrected chi connectivity index (χ0v) is 10.0. The molecule has 0 unspecified atom stereocenters. The van der Waals surface area contributed by atoms with E-state index in [1.54, 1.807) is 10.8 Å². The Hall–Kier alpha value is -1.62. The molecule has 92 valence electrons. The summed E-state index contributed by atoms with van der Waals surface area (Å²) < 4.78 is 6.28. The number of hydrogen-bond donors (Lipinski definition) is 0. The van der Waals surface area contributed by atoms with Gasteiger partial charge in [-0.3, -0.25) is 4.79 Å². The Morgan fingerprint density at radius 3 is 2.82 bits per heavy atom. The van der Waals surface area contributed by atoms with Crippen LogP contribution in [0, 0.1) is 0 Å². The van der Waals surface area contributed by atoms with Crippen molar-refractivity contribution >= 4 is 5.97 Å². The van der Waals surface area contributed by atoms with Crippen LogP contribution in [-0.2, 0) is 4.74 Å². The van der Waals surface area contributed by atoms with Gasteiger partial charge in [-0.25, -0.2) is 4.79 Å². The van der Waals surface area contributed by atoms with Crippen molar-refractivity contribution in [3.8, 4) is 0 Å². The second kappa shape index (κ2) is 4.71. The SMILES string of the molecule is COC(=O)c1ccc(=O)n([C@@H]2CCN(C)C2)c1. The zero-order chi connectivity index (χ0) is 12.4. The molecular formula is C12H16N2O3. The molecule has 0 radical (unpaired) electrons. The summed E-state index contributed by atoms with van der Waals surface area (Å²) in [6, 6.07) is 3.07. The van der Waals surface area contributed by atoms with Crippen molar-refractivity contribution in [2.75, 3.05) is 27.2 Å². The Labute approximate surface area is 99.6 Å². The maximum absolute atomic E-state index is 11.8. The molecule has 0 aromatic carbocycles. The molecule has 1 aliphatic rings. The van der Waals surface area contributed by atoms with E-state index < -0.39 is 5.97 Å². The first-order chi connectivity index (χ1) is 8.11. The highest BCUT2D eigenvalue weighted by Crippen LogP contribution is 2.18. The highest BCUT2D eigenvalue weighted by molar-refractivity contribution is 5.88. The van der Waals surface area contributed by atoms with Crippen molar-refractivity contribution in [2.45, 2.75) is 12.5 Å². The maximum atomic E-state index is 11.8. The third kappa shape index (κ3) is 2.39. The van der Waals surface area contributed by atoms with Crippen LogP contribution in [-0.4, -0.2) is 42.7 Å². The van der Waals surface area contributed by atoms with Crippen LogP contribution in [0.15, 0.2) is 23.1 Å². The molecule has 1 saturated heterocycles. The fraction of sp³-hybridized carbons (Fsp3) is 0.500. The summed E-state index contributed by atoms with van der Waals surface area (Å²) in [5.41, 5.74) is 0.347. The van der Waals surface area contributed by atoms with Gasteiger partial charge in [0, 0.05) is 18.8 Å². The van der Waals surface area contributed by atoms with Gasteiger partial charge in [-0.2, -0.15) is 0 Å². The highest BCUT2D eigenvalue weighted by atomic mass is 16.5. The van der Waals surface area contributed by atoms with Crippen molar-refractivity contribution in [3.05, 3.63) is 34.2 Å². The van der Waals surface area contributed by atoms with Crippen molar-refractivity contribution in [1.82, 2.24) is 9.47 Å². The van der Waals surface area contributed by atoms with E-state index in [2.05, 4.69) is 9.64 Å². The van der Waals surface area contributed by atoms with Crippen LogP contribution in [0.3, 0.4) is 0 Å². The normalized spacial score (nSPS) is 20.5. The number of pyridine rings is 1. The van der Waals surface area contributed by atoms with Gasteiger partial charge in [-0.05, 0) is 26.1 Å². The van der Waals surface area contributed by atoms with E-state index >= 15 is 0 Å². The van der Waals surface area contributed by atoms with E-state index in [1.807, 2.05) is 7.05 Å². The Kier molecular flexibility index (Phi) is 3.28. The molecule has 0 N–H and O–H groups in total. The average molecular weight is 236 g/mol. The van der Waals surface area contributed by atoms with Crippen LogP contribution in [0.1, 0.15) is 22.8 Å². The smallest absolute Gasteiger partial charge is 0.339 e. The number of hydrogen-bond acceptors (Lipinski definition) is 4. The van der Waals surface area contributed by atoms with Crippen molar-refractivity contribution < 1.29 is 9.53 Å². The second-order valence-electron chi connectivity index (χ2n) is 4.36. The average Bonchev–Trinajstić information content (AvgIpc) is 2.75. The topological polar surface area (TPSA) is 51.5 Å². The fourth-order valence-electron chi connectivity index (χ4n) is 2.17. The van der Waals surface area contributed by atoms with E-state index in [0.717, 1.165) is 19.5 Å². The molecule has 5 nitrogen and oxygen atoms in total. The molecule has 0 saturated carbocycles. The van der Waals surface area contributed by atoms with Crippen LogP contribution in [0.4, 0.5) is 0 Å². The molecule has 0 aliphatic carbocycles. The third-order valence-electron chi connectivity index (χ3n) is 3.12. The molecule has 2 heterocycles. The monoisotopic (exact) mass is 236 g/mol. The molecule has 0 bridgehead atoms. The van der Waals surface area contributed by atoms with Crippen LogP contribution >= 0.6 is 0 Å². The van der Waals surface area contributed by atoms with Crippen LogP contribution in [0.25, 0.3) is 0 Å². The molecule has 17 heavy (non-hydrogen) atoms. The van der Waals surface area contributed by atoms with E-state index in [4.69, 9.17) is 0 Å². The lowest BCUT2D eigenvalue weighted by Crippen LogP contribution is -2.26. The Balaban J connectivity index is 2.33. The number of carbonyl (C=O) groups is 1. The standard InChI is InChI=1S/C12H16N2O3/c1-13-6-5-10(8-13)14-7-9(12(16)17-2)3-4-11(14)15/h3-4,7,10H,5-6,8H2,1-2H3/t10-/m1/s1. The van der Waals surface area contributed by atoms with Crippen LogP contribution in [0.2, 0.25) is 0 Å². The van der Waals surface area contributed by atoms with Crippen molar-refractivity contribution in [1.29, 1.82) is 0 Å². The van der Waals surface area contributed by atoms with Crippen LogP contribution < -0.4 is 5.56 Å². The molecule has 2 rings (SSSR count). The first-order valence-corrected chi connectivity index (χ1v) is 5.61. The first-order valence-electron chi connectivity index (χ1n) is 5.61. The number of rotatable bonds is 2. The minimum atomic E-state index is -0.412. The van der Waals surface area contributed by atoms with Gasteiger partial charge in [0.15, 0.2) is 0 Å². The molecule has 1 atom stereocenters. The largest absolute Gasteiger partial charge is 0.465 e. The van der Waals surface area contributed by atoms with E-state index in [-0.39, 0.29) is 11.6 Å². The lowest BCUT2D eigenvalue weighted by molar-refractivity contribution is 0.0599. The molecule has 1 aromatic heterocycles. The van der Waals surface area contributed by atoms with Gasteiger partial charge >= 0.3 is 5.97 Å². The van der Waals surface area contributed by atoms with Crippen LogP contribution in [0.5, 0.6) is 0 Å². The molecular weight excluding hydrogens is 220 g/mol. The number of ether oxygens (including phenoxy) is 1. The number of likely N-dealkylation sites (tertiary alicyclic amines) is 1. The number of aromatic nitrogens is 1. The van der Waals surface area contributed by atoms with Crippen molar-refractivity contribution in [2.24, 2.45) is 0 Å². The van der Waals surface area contributed by atoms with Gasteiger partial charge < -0.3 is 14.2 Å². The summed E-state index contributed by atoms with van der Waals surface area (Å²) in [5, 5.41) is 0. The van der Waals surface area contributed by atoms with Gasteiger partial charge in [-0.1, -0.05) is 0 Å². The summed E-state index contributed by atoms with van der Waals surface area (Å²) in [6.07, 6.45) is 2.53. The second-order valence-corrected chi connectivity index (χ2v) is 4.36. The van der Waals surface area contributed by atoms with Gasteiger partial charge in [0.2, 0.25) is 0 Å². The number of likely N-dealkylation sites (N-methyl/N-ethyl adjacent to an activating group) is 1. The third-order valence-corrected chi connectivity index (χ3v) is 3.12. The Morgan fingerprint density at radius 1 is 1.47 bits per heavy atom. The fourth-order valence-corrected chi connectivity index (χ4v) is 2.17. The highest BCUT2D eigenvalue weighted by Gasteiger charge is 2.22. The summed E-state index contributed by atoms with van der Waals surface area (Å²) in [7, 11) is 3.36. The lowest BCUT2D eigenvalue weighted by Gasteiger charge is -2.14. The predicted molar refractivity (Wildman–Crippen MR) is 63.2 cm³/mol. The lowest BCUT2D eigenvalue weighted by atomic mass is 10.2.